The monoisotopic (exact) mass is 343 g/mol. The fourth-order valence-corrected chi connectivity index (χ4v) is 2.82. The standard InChI is InChI=1S/C15H18FNO5S/c1-9(2)13(7-10(3)16)17-23(20,21)11-5-6-14(18)12(8-11)15(19)22-4/h5-8,17-18H,1-4H3/b10-7+. The number of aromatic hydroxyl groups is 1. The molecular formula is C15H18FNO5S. The summed E-state index contributed by atoms with van der Waals surface area (Å²) >= 11 is 0. The summed E-state index contributed by atoms with van der Waals surface area (Å²) in [5.74, 6) is -1.84. The molecule has 1 aromatic rings. The van der Waals surface area contributed by atoms with Crippen molar-refractivity contribution in [3.05, 3.63) is 46.9 Å². The van der Waals surface area contributed by atoms with E-state index in [1.54, 1.807) is 13.8 Å². The largest absolute Gasteiger partial charge is 0.507 e. The Morgan fingerprint density at radius 1 is 1.30 bits per heavy atom. The van der Waals surface area contributed by atoms with Gasteiger partial charge in [-0.25, -0.2) is 17.6 Å². The molecule has 0 radical (unpaired) electrons. The third kappa shape index (κ3) is 4.82. The van der Waals surface area contributed by atoms with Gasteiger partial charge in [0.2, 0.25) is 0 Å². The molecule has 0 saturated carbocycles. The molecule has 0 aromatic heterocycles. The van der Waals surface area contributed by atoms with E-state index >= 15 is 0 Å². The van der Waals surface area contributed by atoms with Crippen LogP contribution < -0.4 is 4.72 Å². The number of phenols is 1. The van der Waals surface area contributed by atoms with Crippen LogP contribution >= 0.6 is 0 Å². The zero-order valence-corrected chi connectivity index (χ0v) is 14.0. The normalized spacial score (nSPS) is 11.8. The lowest BCUT2D eigenvalue weighted by atomic mass is 10.2. The summed E-state index contributed by atoms with van der Waals surface area (Å²) in [6.07, 6.45) is 1.05. The van der Waals surface area contributed by atoms with E-state index in [4.69, 9.17) is 0 Å². The molecule has 0 heterocycles. The second-order valence-electron chi connectivity index (χ2n) is 4.92. The van der Waals surface area contributed by atoms with E-state index in [-0.39, 0.29) is 16.2 Å². The molecule has 0 spiro atoms. The maximum atomic E-state index is 13.1. The number of carbonyl (C=O) groups is 1. The van der Waals surface area contributed by atoms with Crippen molar-refractivity contribution < 1.29 is 27.4 Å². The Morgan fingerprint density at radius 2 is 1.91 bits per heavy atom. The average Bonchev–Trinajstić information content (AvgIpc) is 2.45. The van der Waals surface area contributed by atoms with Gasteiger partial charge < -0.3 is 9.84 Å². The Kier molecular flexibility index (Phi) is 5.91. The van der Waals surface area contributed by atoms with Crippen LogP contribution in [0.3, 0.4) is 0 Å². The number of ether oxygens (including phenoxy) is 1. The predicted octanol–water partition coefficient (Wildman–Crippen LogP) is 2.62. The van der Waals surface area contributed by atoms with Gasteiger partial charge in [-0.15, -0.1) is 0 Å². The SMILES string of the molecule is COC(=O)c1cc(S(=O)(=O)NC(/C=C(\C)F)=C(C)C)ccc1O. The van der Waals surface area contributed by atoms with Gasteiger partial charge in [-0.3, -0.25) is 4.72 Å². The fraction of sp³-hybridized carbons (Fsp3) is 0.267. The lowest BCUT2D eigenvalue weighted by Crippen LogP contribution is -2.23. The number of nitrogens with one attached hydrogen (secondary N) is 1. The van der Waals surface area contributed by atoms with Crippen molar-refractivity contribution in [2.45, 2.75) is 25.7 Å². The molecule has 6 nitrogen and oxygen atoms in total. The number of methoxy groups -OCH3 is 1. The first-order valence-corrected chi connectivity index (χ1v) is 8.02. The number of carbonyl (C=O) groups excluding carboxylic acids is 1. The van der Waals surface area contributed by atoms with Gasteiger partial charge in [0.05, 0.1) is 23.5 Å². The number of benzene rings is 1. The number of sulfonamides is 1. The van der Waals surface area contributed by atoms with Crippen molar-refractivity contribution in [1.29, 1.82) is 0 Å². The Balaban J connectivity index is 3.32. The molecule has 0 amide bonds. The quantitative estimate of drug-likeness (QED) is 0.633. The number of allylic oxidation sites excluding steroid dienone is 3. The van der Waals surface area contributed by atoms with Gasteiger partial charge in [0.1, 0.15) is 11.3 Å². The number of hydrogen-bond acceptors (Lipinski definition) is 5. The number of esters is 1. The van der Waals surface area contributed by atoms with Crippen molar-refractivity contribution in [2.24, 2.45) is 0 Å². The Hall–Kier alpha value is -2.35. The number of halogens is 1. The molecule has 0 aliphatic heterocycles. The number of phenolic OH excluding ortho intramolecular Hbond substituents is 1. The van der Waals surface area contributed by atoms with Gasteiger partial charge in [-0.1, -0.05) is 5.57 Å². The van der Waals surface area contributed by atoms with Crippen LogP contribution in [-0.4, -0.2) is 26.6 Å². The molecular weight excluding hydrogens is 325 g/mol. The number of rotatable bonds is 5. The molecule has 0 fully saturated rings. The van der Waals surface area contributed by atoms with E-state index in [0.717, 1.165) is 31.4 Å². The van der Waals surface area contributed by atoms with Gasteiger partial charge >= 0.3 is 5.97 Å². The third-order valence-corrected chi connectivity index (χ3v) is 4.17. The van der Waals surface area contributed by atoms with Crippen LogP contribution in [0.15, 0.2) is 46.3 Å². The minimum Gasteiger partial charge on any atom is -0.507 e. The topological polar surface area (TPSA) is 92.7 Å². The maximum absolute atomic E-state index is 13.1. The molecule has 1 aromatic carbocycles. The summed E-state index contributed by atoms with van der Waals surface area (Å²) in [6.45, 7) is 4.43. The molecule has 0 aliphatic carbocycles. The van der Waals surface area contributed by atoms with Crippen LogP contribution in [0.25, 0.3) is 0 Å². The highest BCUT2D eigenvalue weighted by Gasteiger charge is 2.20. The molecule has 8 heteroatoms. The molecule has 0 unspecified atom stereocenters. The Bertz CT molecular complexity index is 773. The van der Waals surface area contributed by atoms with Gasteiger partial charge in [0, 0.05) is 0 Å². The zero-order chi connectivity index (χ0) is 17.8. The van der Waals surface area contributed by atoms with Gasteiger partial charge in [0.15, 0.2) is 0 Å². The number of hydrogen-bond donors (Lipinski definition) is 2. The van der Waals surface area contributed by atoms with Crippen molar-refractivity contribution in [1.82, 2.24) is 4.72 Å². The lowest BCUT2D eigenvalue weighted by Gasteiger charge is -2.12. The van der Waals surface area contributed by atoms with E-state index in [0.29, 0.717) is 5.57 Å². The van der Waals surface area contributed by atoms with Crippen molar-refractivity contribution in [3.63, 3.8) is 0 Å². The maximum Gasteiger partial charge on any atom is 0.341 e. The molecule has 1 rings (SSSR count). The lowest BCUT2D eigenvalue weighted by molar-refractivity contribution is 0.0597. The molecule has 126 valence electrons. The summed E-state index contributed by atoms with van der Waals surface area (Å²) in [7, 11) is -2.96. The zero-order valence-electron chi connectivity index (χ0n) is 13.2. The van der Waals surface area contributed by atoms with Gasteiger partial charge in [-0.05, 0) is 45.0 Å². The highest BCUT2D eigenvalue weighted by Crippen LogP contribution is 2.23. The van der Waals surface area contributed by atoms with Crippen LogP contribution in [0.5, 0.6) is 5.75 Å². The van der Waals surface area contributed by atoms with E-state index < -0.39 is 27.6 Å². The van der Waals surface area contributed by atoms with Crippen LogP contribution in [0, 0.1) is 0 Å². The van der Waals surface area contributed by atoms with Gasteiger partial charge in [0.25, 0.3) is 10.0 Å². The van der Waals surface area contributed by atoms with Crippen molar-refractivity contribution in [3.8, 4) is 5.75 Å². The molecule has 2 N–H and O–H groups in total. The van der Waals surface area contributed by atoms with Crippen molar-refractivity contribution in [2.75, 3.05) is 7.11 Å². The van der Waals surface area contributed by atoms with Crippen LogP contribution in [-0.2, 0) is 14.8 Å². The predicted molar refractivity (Wildman–Crippen MR) is 83.0 cm³/mol. The van der Waals surface area contributed by atoms with E-state index in [9.17, 15) is 22.7 Å². The minimum absolute atomic E-state index is 0.0812. The summed E-state index contributed by atoms with van der Waals surface area (Å²) in [5, 5.41) is 9.61. The Morgan fingerprint density at radius 3 is 2.39 bits per heavy atom. The Labute approximate surface area is 134 Å². The summed E-state index contributed by atoms with van der Waals surface area (Å²) in [6, 6.07) is 3.18. The highest BCUT2D eigenvalue weighted by molar-refractivity contribution is 7.89. The summed E-state index contributed by atoms with van der Waals surface area (Å²) < 4.78 is 44.5. The van der Waals surface area contributed by atoms with E-state index in [2.05, 4.69) is 9.46 Å². The third-order valence-electron chi connectivity index (χ3n) is 2.81. The molecule has 23 heavy (non-hydrogen) atoms. The molecule has 0 aliphatic rings. The first-order chi connectivity index (χ1) is 10.6. The first-order valence-electron chi connectivity index (χ1n) is 6.54. The van der Waals surface area contributed by atoms with Crippen LogP contribution in [0.1, 0.15) is 31.1 Å². The van der Waals surface area contributed by atoms with Crippen LogP contribution in [0.4, 0.5) is 4.39 Å². The second kappa shape index (κ2) is 7.28. The molecule has 0 saturated heterocycles. The molecule has 0 bridgehead atoms. The minimum atomic E-state index is -4.07. The first kappa shape index (κ1) is 18.7. The summed E-state index contributed by atoms with van der Waals surface area (Å²) in [5.41, 5.74) is 0.349. The fourth-order valence-electron chi connectivity index (χ4n) is 1.63. The van der Waals surface area contributed by atoms with E-state index in [1.807, 2.05) is 0 Å². The molecule has 0 atom stereocenters. The van der Waals surface area contributed by atoms with E-state index in [1.165, 1.54) is 6.92 Å². The highest BCUT2D eigenvalue weighted by atomic mass is 32.2. The second-order valence-corrected chi connectivity index (χ2v) is 6.60. The van der Waals surface area contributed by atoms with Gasteiger partial charge in [-0.2, -0.15) is 0 Å². The average molecular weight is 343 g/mol. The smallest absolute Gasteiger partial charge is 0.341 e. The summed E-state index contributed by atoms with van der Waals surface area (Å²) in [4.78, 5) is 11.3. The van der Waals surface area contributed by atoms with Crippen molar-refractivity contribution >= 4 is 16.0 Å². The van der Waals surface area contributed by atoms with Crippen LogP contribution in [0.2, 0.25) is 0 Å².